The first-order valence-electron chi connectivity index (χ1n) is 9.80. The maximum atomic E-state index is 12.9. The van der Waals surface area contributed by atoms with Gasteiger partial charge in [0.15, 0.2) is 5.96 Å². The summed E-state index contributed by atoms with van der Waals surface area (Å²) in [5.74, 6) is 0.268. The molecule has 1 aromatic carbocycles. The monoisotopic (exact) mass is 519 g/mol. The molecule has 29 heavy (non-hydrogen) atoms. The number of nitrogens with zero attached hydrogens (tertiary/aromatic N) is 2. The Kier molecular flexibility index (Phi) is 10.3. The van der Waals surface area contributed by atoms with E-state index in [-0.39, 0.29) is 41.7 Å². The molecule has 3 N–H and O–H groups in total. The highest BCUT2D eigenvalue weighted by atomic mass is 127. The molecule has 1 aliphatic heterocycles. The number of rotatable bonds is 9. The van der Waals surface area contributed by atoms with Crippen LogP contribution in [0.3, 0.4) is 0 Å². The number of guanidine groups is 1. The van der Waals surface area contributed by atoms with Crippen LogP contribution in [0, 0.1) is 5.82 Å². The zero-order valence-corrected chi connectivity index (χ0v) is 19.6. The van der Waals surface area contributed by atoms with E-state index >= 15 is 0 Å². The van der Waals surface area contributed by atoms with Crippen LogP contribution in [0.1, 0.15) is 39.2 Å². The third kappa shape index (κ3) is 7.13. The van der Waals surface area contributed by atoms with E-state index in [9.17, 15) is 14.0 Å². The first-order valence-corrected chi connectivity index (χ1v) is 9.80. The molecule has 3 amide bonds. The third-order valence-electron chi connectivity index (χ3n) is 4.83. The molecule has 1 aromatic rings. The standard InChI is InChI=1S/C20H30FN5O2.HI/c1-4-20(3)17(27)26(19(28)25-20)14-6-12-23-18(22-5-2)24-13-11-15-7-9-16(21)10-8-15;/h7-10H,4-6,11-14H2,1-3H3,(H,25,28)(H2,22,23,24);1H. The number of hydrogen-bond acceptors (Lipinski definition) is 3. The van der Waals surface area contributed by atoms with Crippen LogP contribution in [0.4, 0.5) is 9.18 Å². The maximum Gasteiger partial charge on any atom is 0.325 e. The average molecular weight is 519 g/mol. The van der Waals surface area contributed by atoms with E-state index in [1.54, 1.807) is 19.1 Å². The molecular formula is C20H31FIN5O2. The van der Waals surface area contributed by atoms with Gasteiger partial charge >= 0.3 is 6.03 Å². The molecule has 0 saturated carbocycles. The number of imide groups is 1. The molecule has 0 spiro atoms. The molecule has 1 aliphatic rings. The molecule has 1 atom stereocenters. The van der Waals surface area contributed by atoms with E-state index in [2.05, 4.69) is 20.9 Å². The zero-order chi connectivity index (χ0) is 20.6. The van der Waals surface area contributed by atoms with Crippen molar-refractivity contribution in [3.63, 3.8) is 0 Å². The van der Waals surface area contributed by atoms with E-state index in [1.165, 1.54) is 17.0 Å². The summed E-state index contributed by atoms with van der Waals surface area (Å²) in [4.78, 5) is 30.1. The number of hydrogen-bond donors (Lipinski definition) is 3. The van der Waals surface area contributed by atoms with Gasteiger partial charge in [0.25, 0.3) is 5.91 Å². The van der Waals surface area contributed by atoms with Crippen molar-refractivity contribution in [3.8, 4) is 0 Å². The molecule has 0 bridgehead atoms. The molecule has 1 unspecified atom stereocenters. The molecule has 0 aliphatic carbocycles. The Labute approximate surface area is 188 Å². The van der Waals surface area contributed by atoms with Gasteiger partial charge in [0.1, 0.15) is 11.4 Å². The van der Waals surface area contributed by atoms with E-state index in [0.29, 0.717) is 38.4 Å². The summed E-state index contributed by atoms with van der Waals surface area (Å²) in [7, 11) is 0. The average Bonchev–Trinajstić information content (AvgIpc) is 2.89. The Morgan fingerprint density at radius 2 is 1.90 bits per heavy atom. The Morgan fingerprint density at radius 3 is 2.48 bits per heavy atom. The normalized spacial score (nSPS) is 19.0. The van der Waals surface area contributed by atoms with Crippen molar-refractivity contribution >= 4 is 41.9 Å². The largest absolute Gasteiger partial charge is 0.357 e. The molecule has 7 nitrogen and oxygen atoms in total. The molecule has 0 radical (unpaired) electrons. The third-order valence-corrected chi connectivity index (χ3v) is 4.83. The van der Waals surface area contributed by atoms with E-state index in [4.69, 9.17) is 0 Å². The number of carbonyl (C=O) groups excluding carboxylic acids is 2. The van der Waals surface area contributed by atoms with Gasteiger partial charge < -0.3 is 16.0 Å². The second-order valence-electron chi connectivity index (χ2n) is 6.99. The molecular weight excluding hydrogens is 488 g/mol. The predicted octanol–water partition coefficient (Wildman–Crippen LogP) is 2.65. The number of amides is 3. The first kappa shape index (κ1) is 25.1. The van der Waals surface area contributed by atoms with Crippen LogP contribution in [-0.4, -0.2) is 54.5 Å². The first-order chi connectivity index (χ1) is 13.4. The van der Waals surface area contributed by atoms with Crippen molar-refractivity contribution in [2.45, 2.75) is 45.6 Å². The van der Waals surface area contributed by atoms with E-state index < -0.39 is 5.54 Å². The van der Waals surface area contributed by atoms with Crippen molar-refractivity contribution in [1.29, 1.82) is 0 Å². The number of urea groups is 1. The van der Waals surface area contributed by atoms with Crippen LogP contribution in [-0.2, 0) is 11.2 Å². The van der Waals surface area contributed by atoms with E-state index in [1.807, 2.05) is 13.8 Å². The Bertz CT molecular complexity index is 713. The summed E-state index contributed by atoms with van der Waals surface area (Å²) in [5.41, 5.74) is 0.249. The van der Waals surface area contributed by atoms with Gasteiger partial charge in [-0.3, -0.25) is 14.7 Å². The lowest BCUT2D eigenvalue weighted by Crippen LogP contribution is -2.43. The van der Waals surface area contributed by atoms with Crippen LogP contribution in [0.2, 0.25) is 0 Å². The molecule has 2 rings (SSSR count). The highest BCUT2D eigenvalue weighted by Gasteiger charge is 2.45. The van der Waals surface area contributed by atoms with Gasteiger partial charge in [-0.25, -0.2) is 9.18 Å². The Morgan fingerprint density at radius 1 is 1.21 bits per heavy atom. The quantitative estimate of drug-likeness (QED) is 0.154. The second-order valence-corrected chi connectivity index (χ2v) is 6.99. The summed E-state index contributed by atoms with van der Waals surface area (Å²) >= 11 is 0. The Hall–Kier alpha value is -1.91. The van der Waals surface area contributed by atoms with Gasteiger partial charge in [-0.2, -0.15) is 0 Å². The minimum Gasteiger partial charge on any atom is -0.357 e. The lowest BCUT2D eigenvalue weighted by atomic mass is 9.99. The fourth-order valence-corrected chi connectivity index (χ4v) is 2.93. The topological polar surface area (TPSA) is 85.8 Å². The van der Waals surface area contributed by atoms with Crippen molar-refractivity contribution < 1.29 is 14.0 Å². The van der Waals surface area contributed by atoms with Gasteiger partial charge in [0, 0.05) is 26.2 Å². The fraction of sp³-hybridized carbons (Fsp3) is 0.550. The van der Waals surface area contributed by atoms with Crippen molar-refractivity contribution in [1.82, 2.24) is 20.9 Å². The fourth-order valence-electron chi connectivity index (χ4n) is 2.93. The number of halogens is 2. The molecule has 1 fully saturated rings. The SMILES string of the molecule is CCNC(=NCCCN1C(=O)NC(C)(CC)C1=O)NCCc1ccc(F)cc1.I. The zero-order valence-electron chi connectivity index (χ0n) is 17.3. The van der Waals surface area contributed by atoms with Crippen LogP contribution in [0.25, 0.3) is 0 Å². The number of benzene rings is 1. The summed E-state index contributed by atoms with van der Waals surface area (Å²) in [6, 6.07) is 6.11. The van der Waals surface area contributed by atoms with Gasteiger partial charge in [0.05, 0.1) is 0 Å². The summed E-state index contributed by atoms with van der Waals surface area (Å²) < 4.78 is 12.9. The molecule has 1 heterocycles. The molecule has 0 aromatic heterocycles. The van der Waals surface area contributed by atoms with Crippen molar-refractivity contribution in [2.75, 3.05) is 26.2 Å². The smallest absolute Gasteiger partial charge is 0.325 e. The molecule has 1 saturated heterocycles. The van der Waals surface area contributed by atoms with Crippen LogP contribution in [0.5, 0.6) is 0 Å². The summed E-state index contributed by atoms with van der Waals surface area (Å²) in [6.45, 7) is 7.84. The van der Waals surface area contributed by atoms with Crippen molar-refractivity contribution in [2.24, 2.45) is 4.99 Å². The lowest BCUT2D eigenvalue weighted by Gasteiger charge is -2.19. The number of aliphatic imine (C=N–C) groups is 1. The van der Waals surface area contributed by atoms with Gasteiger partial charge in [-0.1, -0.05) is 19.1 Å². The Balaban J connectivity index is 0.00000420. The van der Waals surface area contributed by atoms with Crippen LogP contribution >= 0.6 is 24.0 Å². The number of carbonyl (C=O) groups is 2. The highest BCUT2D eigenvalue weighted by Crippen LogP contribution is 2.20. The molecule has 9 heteroatoms. The van der Waals surface area contributed by atoms with Crippen LogP contribution in [0.15, 0.2) is 29.3 Å². The van der Waals surface area contributed by atoms with Gasteiger partial charge in [-0.05, 0) is 50.8 Å². The summed E-state index contributed by atoms with van der Waals surface area (Å²) in [6.07, 6.45) is 1.91. The predicted molar refractivity (Wildman–Crippen MR) is 123 cm³/mol. The van der Waals surface area contributed by atoms with Gasteiger partial charge in [-0.15, -0.1) is 24.0 Å². The number of nitrogens with one attached hydrogen (secondary N) is 3. The second kappa shape index (κ2) is 11.9. The minimum atomic E-state index is -0.794. The lowest BCUT2D eigenvalue weighted by molar-refractivity contribution is -0.130. The van der Waals surface area contributed by atoms with E-state index in [0.717, 1.165) is 18.5 Å². The van der Waals surface area contributed by atoms with Crippen molar-refractivity contribution in [3.05, 3.63) is 35.6 Å². The van der Waals surface area contributed by atoms with Crippen LogP contribution < -0.4 is 16.0 Å². The highest BCUT2D eigenvalue weighted by molar-refractivity contribution is 14.0. The maximum absolute atomic E-state index is 12.9. The molecule has 162 valence electrons. The minimum absolute atomic E-state index is 0. The van der Waals surface area contributed by atoms with Gasteiger partial charge in [0.2, 0.25) is 0 Å². The summed E-state index contributed by atoms with van der Waals surface area (Å²) in [5, 5.41) is 9.15.